The molecule has 0 bridgehead atoms. The lowest BCUT2D eigenvalue weighted by atomic mass is 10.3. The van der Waals surface area contributed by atoms with Crippen molar-refractivity contribution in [2.45, 2.75) is 13.3 Å². The van der Waals surface area contributed by atoms with Gasteiger partial charge in [0, 0.05) is 0 Å². The molecule has 1 fully saturated rings. The second-order valence-electron chi connectivity index (χ2n) is 4.60. The van der Waals surface area contributed by atoms with E-state index in [1.165, 1.54) is 12.1 Å². The fraction of sp³-hybridized carbons (Fsp3) is 0.385. The molecule has 19 heavy (non-hydrogen) atoms. The maximum atomic E-state index is 12.8. The molecule has 0 unspecified atom stereocenters. The van der Waals surface area contributed by atoms with Gasteiger partial charge in [-0.25, -0.2) is 4.39 Å². The van der Waals surface area contributed by atoms with E-state index >= 15 is 0 Å². The maximum Gasteiger partial charge on any atom is 0.309 e. The van der Waals surface area contributed by atoms with Crippen LogP contribution in [0, 0.1) is 17.7 Å². The van der Waals surface area contributed by atoms with Crippen molar-refractivity contribution in [2.75, 3.05) is 11.9 Å². The Morgan fingerprint density at radius 1 is 1.53 bits per heavy atom. The van der Waals surface area contributed by atoms with Crippen LogP contribution in [-0.4, -0.2) is 18.5 Å². The molecule has 1 aromatic rings. The Bertz CT molecular complexity index is 521. The summed E-state index contributed by atoms with van der Waals surface area (Å²) in [5.74, 6) is -1.09. The Kier molecular flexibility index (Phi) is 4.04. The molecule has 0 radical (unpaired) electrons. The molecule has 102 valence electrons. The first-order valence-electron chi connectivity index (χ1n) is 5.89. The summed E-state index contributed by atoms with van der Waals surface area (Å²) in [6.45, 7) is 1.58. The van der Waals surface area contributed by atoms with Gasteiger partial charge in [0.25, 0.3) is 5.91 Å². The number of halogens is 2. The van der Waals surface area contributed by atoms with E-state index in [4.69, 9.17) is 16.3 Å². The van der Waals surface area contributed by atoms with E-state index in [1.54, 1.807) is 0 Å². The molecule has 2 rings (SSSR count). The molecule has 2 atom stereocenters. The lowest BCUT2D eigenvalue weighted by molar-refractivity contribution is -0.148. The minimum atomic E-state index is -0.504. The first kappa shape index (κ1) is 13.8. The van der Waals surface area contributed by atoms with Gasteiger partial charge in [0.05, 0.1) is 16.6 Å². The first-order chi connectivity index (χ1) is 8.97. The number of hydrogen-bond acceptors (Lipinski definition) is 3. The van der Waals surface area contributed by atoms with Crippen LogP contribution in [0.2, 0.25) is 5.02 Å². The topological polar surface area (TPSA) is 55.4 Å². The molecule has 4 nitrogen and oxygen atoms in total. The molecule has 0 heterocycles. The van der Waals surface area contributed by atoms with Crippen molar-refractivity contribution >= 4 is 29.2 Å². The average Bonchev–Trinajstić information content (AvgIpc) is 3.07. The first-order valence-corrected chi connectivity index (χ1v) is 6.26. The number of hydrogen-bond donors (Lipinski definition) is 1. The summed E-state index contributed by atoms with van der Waals surface area (Å²) in [5, 5.41) is 2.54. The van der Waals surface area contributed by atoms with Gasteiger partial charge in [-0.2, -0.15) is 0 Å². The Balaban J connectivity index is 1.82. The Hall–Kier alpha value is -1.62. The predicted octanol–water partition coefficient (Wildman–Crippen LogP) is 2.62. The lowest BCUT2D eigenvalue weighted by Gasteiger charge is -2.07. The normalized spacial score (nSPS) is 20.8. The molecule has 1 N–H and O–H groups in total. The summed E-state index contributed by atoms with van der Waals surface area (Å²) in [5.41, 5.74) is 0.281. The van der Waals surface area contributed by atoms with Gasteiger partial charge in [-0.3, -0.25) is 9.59 Å². The molecular weight excluding hydrogens is 273 g/mol. The maximum absolute atomic E-state index is 12.8. The fourth-order valence-electron chi connectivity index (χ4n) is 1.67. The minimum Gasteiger partial charge on any atom is -0.455 e. The molecular formula is C13H13ClFNO3. The fourth-order valence-corrected chi connectivity index (χ4v) is 1.89. The average molecular weight is 286 g/mol. The van der Waals surface area contributed by atoms with Crippen molar-refractivity contribution in [1.29, 1.82) is 0 Å². The number of benzene rings is 1. The van der Waals surface area contributed by atoms with Gasteiger partial charge in [-0.15, -0.1) is 0 Å². The van der Waals surface area contributed by atoms with Gasteiger partial charge in [0.2, 0.25) is 0 Å². The highest BCUT2D eigenvalue weighted by Crippen LogP contribution is 2.38. The molecule has 1 aliphatic carbocycles. The number of carbonyl (C=O) groups excluding carboxylic acids is 2. The van der Waals surface area contributed by atoms with Gasteiger partial charge in [-0.05, 0) is 30.5 Å². The van der Waals surface area contributed by atoms with Crippen molar-refractivity contribution < 1.29 is 18.7 Å². The largest absolute Gasteiger partial charge is 0.455 e. The smallest absolute Gasteiger partial charge is 0.309 e. The third kappa shape index (κ3) is 3.67. The number of nitrogens with one attached hydrogen (secondary N) is 1. The summed E-state index contributed by atoms with van der Waals surface area (Å²) < 4.78 is 17.7. The summed E-state index contributed by atoms with van der Waals surface area (Å²) in [6.07, 6.45) is 0.810. The van der Waals surface area contributed by atoms with E-state index in [0.717, 1.165) is 12.5 Å². The Morgan fingerprint density at radius 3 is 2.79 bits per heavy atom. The molecule has 1 saturated carbocycles. The van der Waals surface area contributed by atoms with Crippen LogP contribution in [-0.2, 0) is 14.3 Å². The van der Waals surface area contributed by atoms with Crippen molar-refractivity contribution in [3.63, 3.8) is 0 Å². The van der Waals surface area contributed by atoms with E-state index in [-0.39, 0.29) is 29.2 Å². The highest BCUT2D eigenvalue weighted by atomic mass is 35.5. The molecule has 1 amide bonds. The van der Waals surface area contributed by atoms with Crippen LogP contribution in [0.5, 0.6) is 0 Å². The SMILES string of the molecule is C[C@H]1C[C@H]1C(=O)OCC(=O)Nc1ccc(F)cc1Cl. The summed E-state index contributed by atoms with van der Waals surface area (Å²) in [6, 6.07) is 3.62. The lowest BCUT2D eigenvalue weighted by Crippen LogP contribution is -2.21. The van der Waals surface area contributed by atoms with Crippen LogP contribution in [0.4, 0.5) is 10.1 Å². The van der Waals surface area contributed by atoms with Crippen LogP contribution < -0.4 is 5.32 Å². The van der Waals surface area contributed by atoms with E-state index < -0.39 is 11.7 Å². The van der Waals surface area contributed by atoms with Crippen LogP contribution in [0.15, 0.2) is 18.2 Å². The van der Waals surface area contributed by atoms with Crippen molar-refractivity contribution in [2.24, 2.45) is 11.8 Å². The molecule has 0 spiro atoms. The summed E-state index contributed by atoms with van der Waals surface area (Å²) in [7, 11) is 0. The Morgan fingerprint density at radius 2 is 2.21 bits per heavy atom. The molecule has 0 aliphatic heterocycles. The molecule has 6 heteroatoms. The predicted molar refractivity (Wildman–Crippen MR) is 68.3 cm³/mol. The van der Waals surface area contributed by atoms with Gasteiger partial charge in [-0.1, -0.05) is 18.5 Å². The number of esters is 1. The van der Waals surface area contributed by atoms with E-state index in [1.807, 2.05) is 6.92 Å². The highest BCUT2D eigenvalue weighted by molar-refractivity contribution is 6.33. The standard InChI is InChI=1S/C13H13ClFNO3/c1-7-4-9(7)13(18)19-6-12(17)16-11-3-2-8(15)5-10(11)14/h2-3,5,7,9H,4,6H2,1H3,(H,16,17)/t7-,9+/m0/s1. The van der Waals surface area contributed by atoms with Crippen molar-refractivity contribution in [3.05, 3.63) is 29.0 Å². The zero-order valence-electron chi connectivity index (χ0n) is 10.3. The Labute approximate surface area is 114 Å². The van der Waals surface area contributed by atoms with E-state index in [2.05, 4.69) is 5.32 Å². The number of anilines is 1. The van der Waals surface area contributed by atoms with Crippen LogP contribution in [0.3, 0.4) is 0 Å². The molecule has 1 aliphatic rings. The van der Waals surface area contributed by atoms with E-state index in [0.29, 0.717) is 5.92 Å². The number of amides is 1. The second kappa shape index (κ2) is 5.57. The number of carbonyl (C=O) groups is 2. The molecule has 0 aromatic heterocycles. The van der Waals surface area contributed by atoms with Gasteiger partial charge < -0.3 is 10.1 Å². The third-order valence-electron chi connectivity index (χ3n) is 2.96. The van der Waals surface area contributed by atoms with Gasteiger partial charge in [0.15, 0.2) is 6.61 Å². The van der Waals surface area contributed by atoms with Crippen molar-refractivity contribution in [3.8, 4) is 0 Å². The molecule has 1 aromatic carbocycles. The quantitative estimate of drug-likeness (QED) is 0.865. The highest BCUT2D eigenvalue weighted by Gasteiger charge is 2.40. The van der Waals surface area contributed by atoms with Gasteiger partial charge in [0.1, 0.15) is 5.82 Å². The summed E-state index contributed by atoms with van der Waals surface area (Å²) >= 11 is 5.75. The number of rotatable bonds is 4. The van der Waals surface area contributed by atoms with Crippen molar-refractivity contribution in [1.82, 2.24) is 0 Å². The van der Waals surface area contributed by atoms with Crippen LogP contribution >= 0.6 is 11.6 Å². The molecule has 0 saturated heterocycles. The van der Waals surface area contributed by atoms with E-state index in [9.17, 15) is 14.0 Å². The zero-order valence-corrected chi connectivity index (χ0v) is 11.0. The second-order valence-corrected chi connectivity index (χ2v) is 5.01. The summed E-state index contributed by atoms with van der Waals surface area (Å²) in [4.78, 5) is 22.9. The van der Waals surface area contributed by atoms with Gasteiger partial charge >= 0.3 is 5.97 Å². The number of ether oxygens (including phenoxy) is 1. The zero-order chi connectivity index (χ0) is 14.0. The third-order valence-corrected chi connectivity index (χ3v) is 3.28. The van der Waals surface area contributed by atoms with Crippen LogP contribution in [0.1, 0.15) is 13.3 Å². The minimum absolute atomic E-state index is 0.0813. The monoisotopic (exact) mass is 285 g/mol. The van der Waals surface area contributed by atoms with Crippen LogP contribution in [0.25, 0.3) is 0 Å².